The van der Waals surface area contributed by atoms with Gasteiger partial charge in [-0.3, -0.25) is 0 Å². The molecule has 0 aromatic carbocycles. The van der Waals surface area contributed by atoms with Crippen molar-refractivity contribution in [3.05, 3.63) is 46.3 Å². The van der Waals surface area contributed by atoms with Crippen molar-refractivity contribution < 1.29 is 4.79 Å². The fourth-order valence-electron chi connectivity index (χ4n) is 3.08. The first kappa shape index (κ1) is 18.2. The minimum Gasteiger partial charge on any atom is -0.356 e. The van der Waals surface area contributed by atoms with E-state index < -0.39 is 0 Å². The number of carbonyl (C=O) groups excluding carboxylic acids is 1. The Morgan fingerprint density at radius 1 is 1.42 bits per heavy atom. The number of aromatic nitrogens is 1. The zero-order valence-corrected chi connectivity index (χ0v) is 15.7. The van der Waals surface area contributed by atoms with Crippen LogP contribution in [0.25, 0.3) is 0 Å². The maximum atomic E-state index is 12.6. The summed E-state index contributed by atoms with van der Waals surface area (Å²) in [5, 5.41) is 14.1. The number of nitrogens with one attached hydrogen (secondary N) is 1. The van der Waals surface area contributed by atoms with E-state index in [0.29, 0.717) is 18.7 Å². The Balaban J connectivity index is 1.49. The van der Waals surface area contributed by atoms with Gasteiger partial charge in [-0.05, 0) is 43.3 Å². The third kappa shape index (κ3) is 4.52. The fourth-order valence-corrected chi connectivity index (χ4v) is 3.80. The topological polar surface area (TPSA) is 72.3 Å². The third-order valence-electron chi connectivity index (χ3n) is 4.62. The maximum absolute atomic E-state index is 12.6. The van der Waals surface area contributed by atoms with Gasteiger partial charge in [0.2, 0.25) is 0 Å². The van der Waals surface area contributed by atoms with E-state index in [4.69, 9.17) is 5.26 Å². The SMILES string of the molecule is CCN(Cc1cccs1)C(=O)NC1CCN(c2ccc(C#N)cn2)CC1. The first-order chi connectivity index (χ1) is 12.7. The first-order valence-electron chi connectivity index (χ1n) is 8.88. The van der Waals surface area contributed by atoms with Crippen LogP contribution in [0.2, 0.25) is 0 Å². The zero-order valence-electron chi connectivity index (χ0n) is 14.9. The number of piperidine rings is 1. The van der Waals surface area contributed by atoms with Crippen LogP contribution in [0.4, 0.5) is 10.6 Å². The largest absolute Gasteiger partial charge is 0.356 e. The van der Waals surface area contributed by atoms with Gasteiger partial charge in [-0.25, -0.2) is 9.78 Å². The van der Waals surface area contributed by atoms with Gasteiger partial charge in [-0.2, -0.15) is 5.26 Å². The second-order valence-electron chi connectivity index (χ2n) is 6.32. The third-order valence-corrected chi connectivity index (χ3v) is 5.48. The molecule has 2 amide bonds. The summed E-state index contributed by atoms with van der Waals surface area (Å²) in [6.07, 6.45) is 3.39. The number of amides is 2. The van der Waals surface area contributed by atoms with Crippen molar-refractivity contribution in [2.75, 3.05) is 24.5 Å². The van der Waals surface area contributed by atoms with E-state index >= 15 is 0 Å². The lowest BCUT2D eigenvalue weighted by molar-refractivity contribution is 0.192. The Kier molecular flexibility index (Phi) is 6.08. The summed E-state index contributed by atoms with van der Waals surface area (Å²) in [4.78, 5) is 22.2. The van der Waals surface area contributed by atoms with Crippen molar-refractivity contribution >= 4 is 23.2 Å². The maximum Gasteiger partial charge on any atom is 0.317 e. The number of nitrogens with zero attached hydrogens (tertiary/aromatic N) is 4. The quantitative estimate of drug-likeness (QED) is 0.878. The molecule has 7 heteroatoms. The molecule has 3 heterocycles. The van der Waals surface area contributed by atoms with E-state index in [0.717, 1.165) is 31.7 Å². The van der Waals surface area contributed by atoms with Crippen molar-refractivity contribution in [1.82, 2.24) is 15.2 Å². The number of urea groups is 1. The van der Waals surface area contributed by atoms with Gasteiger partial charge in [-0.1, -0.05) is 6.07 Å². The number of rotatable bonds is 5. The number of hydrogen-bond acceptors (Lipinski definition) is 5. The van der Waals surface area contributed by atoms with Gasteiger partial charge in [-0.15, -0.1) is 11.3 Å². The number of pyridine rings is 1. The molecule has 2 aromatic heterocycles. The lowest BCUT2D eigenvalue weighted by Gasteiger charge is -2.34. The summed E-state index contributed by atoms with van der Waals surface area (Å²) in [7, 11) is 0. The molecule has 6 nitrogen and oxygen atoms in total. The Morgan fingerprint density at radius 2 is 2.23 bits per heavy atom. The van der Waals surface area contributed by atoms with E-state index in [1.54, 1.807) is 23.6 Å². The van der Waals surface area contributed by atoms with Crippen LogP contribution < -0.4 is 10.2 Å². The predicted octanol–water partition coefficient (Wildman–Crippen LogP) is 3.22. The molecule has 3 rings (SSSR count). The summed E-state index contributed by atoms with van der Waals surface area (Å²) < 4.78 is 0. The van der Waals surface area contributed by atoms with E-state index in [9.17, 15) is 4.79 Å². The molecule has 0 atom stereocenters. The average Bonchev–Trinajstić information content (AvgIpc) is 3.20. The zero-order chi connectivity index (χ0) is 18.4. The molecule has 1 saturated heterocycles. The van der Waals surface area contributed by atoms with Crippen LogP contribution in [-0.4, -0.2) is 41.6 Å². The van der Waals surface area contributed by atoms with Crippen LogP contribution in [0.15, 0.2) is 35.8 Å². The van der Waals surface area contributed by atoms with Crippen molar-refractivity contribution in [3.8, 4) is 6.07 Å². The molecule has 1 aliphatic rings. The highest BCUT2D eigenvalue weighted by atomic mass is 32.1. The fraction of sp³-hybridized carbons (Fsp3) is 0.421. The number of thiophene rings is 1. The van der Waals surface area contributed by atoms with Crippen LogP contribution in [0.5, 0.6) is 0 Å². The van der Waals surface area contributed by atoms with Gasteiger partial charge < -0.3 is 15.1 Å². The number of carbonyl (C=O) groups is 1. The Labute approximate surface area is 158 Å². The summed E-state index contributed by atoms with van der Waals surface area (Å²) in [6, 6.07) is 10.0. The highest BCUT2D eigenvalue weighted by Crippen LogP contribution is 2.18. The van der Waals surface area contributed by atoms with Gasteiger partial charge in [0.25, 0.3) is 0 Å². The molecule has 1 N–H and O–H groups in total. The number of anilines is 1. The normalized spacial score (nSPS) is 14.7. The van der Waals surface area contributed by atoms with Crippen LogP contribution in [-0.2, 0) is 6.54 Å². The lowest BCUT2D eigenvalue weighted by atomic mass is 10.1. The van der Waals surface area contributed by atoms with Crippen LogP contribution >= 0.6 is 11.3 Å². The van der Waals surface area contributed by atoms with Gasteiger partial charge in [0.1, 0.15) is 11.9 Å². The lowest BCUT2D eigenvalue weighted by Crippen LogP contribution is -2.49. The minimum absolute atomic E-state index is 0.0100. The van der Waals surface area contributed by atoms with Crippen molar-refractivity contribution in [2.24, 2.45) is 0 Å². The van der Waals surface area contributed by atoms with Crippen LogP contribution in [0.1, 0.15) is 30.2 Å². The van der Waals surface area contributed by atoms with Gasteiger partial charge >= 0.3 is 6.03 Å². The van der Waals surface area contributed by atoms with Crippen molar-refractivity contribution in [3.63, 3.8) is 0 Å². The van der Waals surface area contributed by atoms with E-state index in [1.165, 1.54) is 4.88 Å². The minimum atomic E-state index is 0.0100. The molecule has 0 spiro atoms. The second-order valence-corrected chi connectivity index (χ2v) is 7.35. The highest BCUT2D eigenvalue weighted by molar-refractivity contribution is 7.09. The molecule has 2 aromatic rings. The summed E-state index contributed by atoms with van der Waals surface area (Å²) >= 11 is 1.68. The number of nitriles is 1. The molecule has 0 aliphatic carbocycles. The van der Waals surface area contributed by atoms with Crippen LogP contribution in [0, 0.1) is 11.3 Å². The number of hydrogen-bond donors (Lipinski definition) is 1. The molecule has 0 unspecified atom stereocenters. The van der Waals surface area contributed by atoms with Gasteiger partial charge in [0.05, 0.1) is 12.1 Å². The van der Waals surface area contributed by atoms with Gasteiger partial charge in [0.15, 0.2) is 0 Å². The Hall–Kier alpha value is -2.59. The van der Waals surface area contributed by atoms with Crippen molar-refractivity contribution in [2.45, 2.75) is 32.4 Å². The molecule has 1 fully saturated rings. The summed E-state index contributed by atoms with van der Waals surface area (Å²) in [5.74, 6) is 0.890. The predicted molar refractivity (Wildman–Crippen MR) is 103 cm³/mol. The molecular weight excluding hydrogens is 346 g/mol. The molecule has 0 saturated carbocycles. The monoisotopic (exact) mass is 369 g/mol. The van der Waals surface area contributed by atoms with Crippen molar-refractivity contribution in [1.29, 1.82) is 5.26 Å². The summed E-state index contributed by atoms with van der Waals surface area (Å²) in [5.41, 5.74) is 0.571. The van der Waals surface area contributed by atoms with Crippen LogP contribution in [0.3, 0.4) is 0 Å². The average molecular weight is 369 g/mol. The van der Waals surface area contributed by atoms with E-state index in [-0.39, 0.29) is 12.1 Å². The summed E-state index contributed by atoms with van der Waals surface area (Å²) in [6.45, 7) is 5.06. The van der Waals surface area contributed by atoms with E-state index in [2.05, 4.69) is 27.3 Å². The van der Waals surface area contributed by atoms with Gasteiger partial charge in [0, 0.05) is 36.8 Å². The molecule has 26 heavy (non-hydrogen) atoms. The molecule has 0 radical (unpaired) electrons. The Morgan fingerprint density at radius 3 is 2.81 bits per heavy atom. The molecule has 136 valence electrons. The smallest absolute Gasteiger partial charge is 0.317 e. The molecule has 0 bridgehead atoms. The standard InChI is InChI=1S/C19H23N5OS/c1-2-23(14-17-4-3-11-26-17)19(25)22-16-7-9-24(10-8-16)18-6-5-15(12-20)13-21-18/h3-6,11,13,16H,2,7-10,14H2,1H3,(H,22,25). The first-order valence-corrected chi connectivity index (χ1v) is 9.76. The molecular formula is C19H23N5OS. The Bertz CT molecular complexity index is 745. The highest BCUT2D eigenvalue weighted by Gasteiger charge is 2.23. The molecule has 1 aliphatic heterocycles. The second kappa shape index (κ2) is 8.68. The van der Waals surface area contributed by atoms with E-state index in [1.807, 2.05) is 29.3 Å².